The van der Waals surface area contributed by atoms with Crippen molar-refractivity contribution >= 4 is 16.8 Å². The van der Waals surface area contributed by atoms with Crippen molar-refractivity contribution in [1.82, 2.24) is 4.98 Å². The Morgan fingerprint density at radius 1 is 1.50 bits per heavy atom. The molecule has 3 N–H and O–H groups in total. The first kappa shape index (κ1) is 10.4. The minimum absolute atomic E-state index is 0.0563. The first-order valence-corrected chi connectivity index (χ1v) is 5.04. The van der Waals surface area contributed by atoms with Gasteiger partial charge in [0, 0.05) is 11.6 Å². The number of hydrogen-bond acceptors (Lipinski definition) is 3. The van der Waals surface area contributed by atoms with Crippen molar-refractivity contribution in [3.63, 3.8) is 0 Å². The molecule has 2 aromatic rings. The number of carbonyl (C=O) groups excluding carboxylic acids is 1. The number of amides is 1. The molecule has 0 saturated heterocycles. The number of fused-ring (bicyclic) bond motifs is 1. The molecule has 4 heteroatoms. The first-order valence-electron chi connectivity index (χ1n) is 5.04. The van der Waals surface area contributed by atoms with Gasteiger partial charge in [0.1, 0.15) is 5.75 Å². The monoisotopic (exact) mass is 216 g/mol. The van der Waals surface area contributed by atoms with Gasteiger partial charge in [0.2, 0.25) is 0 Å². The number of aryl methyl sites for hydroxylation is 1. The Balaban J connectivity index is 2.75. The normalized spacial score (nSPS) is 10.6. The van der Waals surface area contributed by atoms with Crippen LogP contribution in [0.1, 0.15) is 22.8 Å². The zero-order valence-electron chi connectivity index (χ0n) is 8.90. The lowest BCUT2D eigenvalue weighted by atomic mass is 10.1. The molecule has 1 amide bonds. The van der Waals surface area contributed by atoms with Crippen LogP contribution in [0.15, 0.2) is 24.4 Å². The van der Waals surface area contributed by atoms with Crippen LogP contribution in [0.25, 0.3) is 10.9 Å². The third-order valence-corrected chi connectivity index (χ3v) is 2.58. The number of benzene rings is 1. The van der Waals surface area contributed by atoms with Crippen LogP contribution in [0.3, 0.4) is 0 Å². The lowest BCUT2D eigenvalue weighted by Crippen LogP contribution is -2.11. The van der Waals surface area contributed by atoms with Gasteiger partial charge >= 0.3 is 0 Å². The van der Waals surface area contributed by atoms with Crippen LogP contribution in [0.4, 0.5) is 0 Å². The number of hydrogen-bond donors (Lipinski definition) is 2. The minimum Gasteiger partial charge on any atom is -0.506 e. The Bertz CT molecular complexity index is 564. The number of primary amides is 1. The Kier molecular flexibility index (Phi) is 2.48. The van der Waals surface area contributed by atoms with Crippen LogP contribution in [0, 0.1) is 0 Å². The molecule has 0 spiro atoms. The second-order valence-corrected chi connectivity index (χ2v) is 3.59. The summed E-state index contributed by atoms with van der Waals surface area (Å²) in [6.45, 7) is 2.02. The number of nitrogens with zero attached hydrogens (tertiary/aromatic N) is 1. The van der Waals surface area contributed by atoms with Crippen LogP contribution in [0.2, 0.25) is 0 Å². The summed E-state index contributed by atoms with van der Waals surface area (Å²) in [5.41, 5.74) is 6.92. The van der Waals surface area contributed by atoms with E-state index >= 15 is 0 Å². The molecule has 1 aromatic carbocycles. The van der Waals surface area contributed by atoms with Crippen molar-refractivity contribution in [2.75, 3.05) is 0 Å². The number of rotatable bonds is 2. The molecular formula is C12H12N2O2. The van der Waals surface area contributed by atoms with E-state index in [4.69, 9.17) is 5.73 Å². The molecule has 16 heavy (non-hydrogen) atoms. The van der Waals surface area contributed by atoms with Crippen molar-refractivity contribution in [3.8, 4) is 5.75 Å². The molecule has 0 aliphatic rings. The van der Waals surface area contributed by atoms with E-state index in [-0.39, 0.29) is 11.3 Å². The Labute approximate surface area is 92.7 Å². The molecule has 0 atom stereocenters. The number of pyridine rings is 1. The van der Waals surface area contributed by atoms with E-state index in [0.29, 0.717) is 10.9 Å². The smallest absolute Gasteiger partial charge is 0.254 e. The predicted octanol–water partition coefficient (Wildman–Crippen LogP) is 1.60. The van der Waals surface area contributed by atoms with Crippen molar-refractivity contribution in [2.45, 2.75) is 13.3 Å². The molecule has 0 unspecified atom stereocenters. The summed E-state index contributed by atoms with van der Waals surface area (Å²) < 4.78 is 0. The third-order valence-electron chi connectivity index (χ3n) is 2.58. The molecular weight excluding hydrogens is 204 g/mol. The fourth-order valence-electron chi connectivity index (χ4n) is 1.63. The molecule has 0 bridgehead atoms. The highest BCUT2D eigenvalue weighted by Crippen LogP contribution is 2.27. The molecule has 0 radical (unpaired) electrons. The second kappa shape index (κ2) is 3.81. The van der Waals surface area contributed by atoms with Gasteiger partial charge in [-0.15, -0.1) is 0 Å². The van der Waals surface area contributed by atoms with Crippen LogP contribution in [-0.2, 0) is 6.42 Å². The van der Waals surface area contributed by atoms with Gasteiger partial charge in [-0.1, -0.05) is 13.0 Å². The van der Waals surface area contributed by atoms with Crippen molar-refractivity contribution in [1.29, 1.82) is 0 Å². The van der Waals surface area contributed by atoms with Crippen LogP contribution in [-0.4, -0.2) is 16.0 Å². The van der Waals surface area contributed by atoms with Gasteiger partial charge in [-0.05, 0) is 24.1 Å². The fourth-order valence-corrected chi connectivity index (χ4v) is 1.63. The number of aromatic hydroxyl groups is 1. The quantitative estimate of drug-likeness (QED) is 0.800. The Morgan fingerprint density at radius 3 is 2.88 bits per heavy atom. The van der Waals surface area contributed by atoms with E-state index in [1.165, 1.54) is 6.20 Å². The second-order valence-electron chi connectivity index (χ2n) is 3.59. The molecule has 0 aliphatic heterocycles. The Hall–Kier alpha value is -2.10. The van der Waals surface area contributed by atoms with Crippen molar-refractivity contribution in [2.24, 2.45) is 5.73 Å². The molecule has 4 nitrogen and oxygen atoms in total. The summed E-state index contributed by atoms with van der Waals surface area (Å²) in [6.07, 6.45) is 2.15. The third kappa shape index (κ3) is 1.58. The first-order chi connectivity index (χ1) is 7.63. The zero-order chi connectivity index (χ0) is 11.7. The van der Waals surface area contributed by atoms with Crippen LogP contribution >= 0.6 is 0 Å². The highest BCUT2D eigenvalue weighted by molar-refractivity contribution is 6.01. The van der Waals surface area contributed by atoms with E-state index < -0.39 is 5.91 Å². The maximum absolute atomic E-state index is 11.0. The minimum atomic E-state index is -0.672. The molecule has 0 saturated carbocycles. The number of aromatic nitrogens is 1. The topological polar surface area (TPSA) is 76.2 Å². The molecule has 2 rings (SSSR count). The Morgan fingerprint density at radius 2 is 2.25 bits per heavy atom. The van der Waals surface area contributed by atoms with Gasteiger partial charge in [-0.3, -0.25) is 9.78 Å². The van der Waals surface area contributed by atoms with Crippen LogP contribution in [0.5, 0.6) is 5.75 Å². The summed E-state index contributed by atoms with van der Waals surface area (Å²) in [6, 6.07) is 5.58. The van der Waals surface area contributed by atoms with E-state index in [1.54, 1.807) is 0 Å². The van der Waals surface area contributed by atoms with Gasteiger partial charge < -0.3 is 10.8 Å². The lowest BCUT2D eigenvalue weighted by molar-refractivity contribution is 0.0997. The molecule has 0 fully saturated rings. The zero-order valence-corrected chi connectivity index (χ0v) is 8.90. The maximum Gasteiger partial charge on any atom is 0.254 e. The number of carbonyl (C=O) groups is 1. The van der Waals surface area contributed by atoms with Crippen molar-refractivity contribution in [3.05, 3.63) is 35.5 Å². The number of nitrogens with two attached hydrogens (primary N) is 1. The van der Waals surface area contributed by atoms with Crippen LogP contribution < -0.4 is 5.73 Å². The van der Waals surface area contributed by atoms with E-state index in [0.717, 1.165) is 12.0 Å². The average molecular weight is 216 g/mol. The molecule has 0 aliphatic carbocycles. The lowest BCUT2D eigenvalue weighted by Gasteiger charge is -2.05. The summed E-state index contributed by atoms with van der Waals surface area (Å²) in [7, 11) is 0. The fraction of sp³-hybridized carbons (Fsp3) is 0.167. The summed E-state index contributed by atoms with van der Waals surface area (Å²) in [5.74, 6) is -0.762. The predicted molar refractivity (Wildman–Crippen MR) is 61.3 cm³/mol. The van der Waals surface area contributed by atoms with E-state index in [2.05, 4.69) is 4.98 Å². The largest absolute Gasteiger partial charge is 0.506 e. The molecule has 1 aromatic heterocycles. The summed E-state index contributed by atoms with van der Waals surface area (Å²) >= 11 is 0. The van der Waals surface area contributed by atoms with Crippen molar-refractivity contribution < 1.29 is 9.90 Å². The maximum atomic E-state index is 11.0. The standard InChI is InChI=1S/C12H12N2O2/c1-2-7-3-4-10-8(5-7)11(15)9(6-14-10)12(13)16/h3-6H,2H2,1H3,(H2,13,16)(H,14,15). The summed E-state index contributed by atoms with van der Waals surface area (Å²) in [5, 5.41) is 10.5. The summed E-state index contributed by atoms with van der Waals surface area (Å²) in [4.78, 5) is 15.1. The molecule has 82 valence electrons. The van der Waals surface area contributed by atoms with E-state index in [9.17, 15) is 9.90 Å². The van der Waals surface area contributed by atoms with Gasteiger partial charge in [0.15, 0.2) is 0 Å². The van der Waals surface area contributed by atoms with E-state index in [1.807, 2.05) is 25.1 Å². The highest BCUT2D eigenvalue weighted by Gasteiger charge is 2.11. The van der Waals surface area contributed by atoms with Gasteiger partial charge in [0.25, 0.3) is 5.91 Å². The van der Waals surface area contributed by atoms with Gasteiger partial charge in [-0.2, -0.15) is 0 Å². The van der Waals surface area contributed by atoms with Gasteiger partial charge in [0.05, 0.1) is 11.1 Å². The SMILES string of the molecule is CCc1ccc2ncc(C(N)=O)c(O)c2c1. The average Bonchev–Trinajstić information content (AvgIpc) is 2.28. The highest BCUT2D eigenvalue weighted by atomic mass is 16.3. The molecule has 1 heterocycles. The van der Waals surface area contributed by atoms with Gasteiger partial charge in [-0.25, -0.2) is 0 Å².